The summed E-state index contributed by atoms with van der Waals surface area (Å²) in [6, 6.07) is 1.61. The molecule has 1 aliphatic rings. The van der Waals surface area contributed by atoms with E-state index in [2.05, 4.69) is 15.1 Å². The molecule has 2 rings (SSSR count). The van der Waals surface area contributed by atoms with Gasteiger partial charge in [-0.25, -0.2) is 9.97 Å². The molecule has 2 heterocycles. The van der Waals surface area contributed by atoms with Crippen LogP contribution in [0.5, 0.6) is 0 Å². The van der Waals surface area contributed by atoms with Crippen molar-refractivity contribution in [3.63, 3.8) is 0 Å². The van der Waals surface area contributed by atoms with Crippen molar-refractivity contribution in [1.29, 1.82) is 0 Å². The Hall–Kier alpha value is -1.34. The predicted octanol–water partition coefficient (Wildman–Crippen LogP) is 0.842. The molecule has 0 saturated carbocycles. The van der Waals surface area contributed by atoms with Gasteiger partial charge in [-0.3, -0.25) is 0 Å². The van der Waals surface area contributed by atoms with Gasteiger partial charge in [0.25, 0.3) is 0 Å². The van der Waals surface area contributed by atoms with Crippen LogP contribution in [-0.4, -0.2) is 39.5 Å². The van der Waals surface area contributed by atoms with Crippen LogP contribution >= 0.6 is 11.8 Å². The van der Waals surface area contributed by atoms with Gasteiger partial charge in [0, 0.05) is 24.7 Å². The van der Waals surface area contributed by atoms with Gasteiger partial charge in [0.1, 0.15) is 5.69 Å². The lowest BCUT2D eigenvalue weighted by atomic mass is 10.2. The summed E-state index contributed by atoms with van der Waals surface area (Å²) in [6.07, 6.45) is 3.62. The van der Waals surface area contributed by atoms with E-state index in [9.17, 15) is 0 Å². The molecule has 0 amide bonds. The molecule has 1 aromatic rings. The smallest absolute Gasteiger partial charge is 0.188 e. The van der Waals surface area contributed by atoms with Crippen LogP contribution in [0.15, 0.2) is 22.6 Å². The largest absolute Gasteiger partial charge is 0.409 e. The minimum Gasteiger partial charge on any atom is -0.409 e. The van der Waals surface area contributed by atoms with Gasteiger partial charge in [-0.05, 0) is 18.9 Å². The maximum Gasteiger partial charge on any atom is 0.188 e. The molecule has 17 heavy (non-hydrogen) atoms. The Morgan fingerprint density at radius 1 is 1.53 bits per heavy atom. The Kier molecular flexibility index (Phi) is 4.16. The number of rotatable bonds is 3. The fourth-order valence-electron chi connectivity index (χ4n) is 1.53. The minimum absolute atomic E-state index is 0.00114. The summed E-state index contributed by atoms with van der Waals surface area (Å²) < 4.78 is 5.29. The summed E-state index contributed by atoms with van der Waals surface area (Å²) in [5, 5.41) is 12.6. The molecule has 0 spiro atoms. The standard InChI is InChI=1S/C10H14N4O2S/c11-9(14-15)8-1-4-12-10(13-8)17-7-2-5-16-6-3-7/h1,4,7,15H,2-3,5-6H2,(H2,11,14). The van der Waals surface area contributed by atoms with Crippen molar-refractivity contribution in [2.24, 2.45) is 10.9 Å². The molecule has 6 nitrogen and oxygen atoms in total. The lowest BCUT2D eigenvalue weighted by Crippen LogP contribution is -2.19. The van der Waals surface area contributed by atoms with Gasteiger partial charge in [0.05, 0.1) is 0 Å². The quantitative estimate of drug-likeness (QED) is 0.273. The molecule has 1 fully saturated rings. The first-order chi connectivity index (χ1) is 8.29. The van der Waals surface area contributed by atoms with Gasteiger partial charge < -0.3 is 15.7 Å². The van der Waals surface area contributed by atoms with Crippen molar-refractivity contribution in [2.75, 3.05) is 13.2 Å². The van der Waals surface area contributed by atoms with Crippen molar-refractivity contribution in [1.82, 2.24) is 9.97 Å². The van der Waals surface area contributed by atoms with Crippen molar-refractivity contribution >= 4 is 17.6 Å². The average molecular weight is 254 g/mol. The number of nitrogens with zero attached hydrogens (tertiary/aromatic N) is 3. The van der Waals surface area contributed by atoms with Crippen molar-refractivity contribution in [3.8, 4) is 0 Å². The lowest BCUT2D eigenvalue weighted by molar-refractivity contribution is 0.1000. The number of ether oxygens (including phenoxy) is 1. The van der Waals surface area contributed by atoms with Gasteiger partial charge in [0.15, 0.2) is 11.0 Å². The fourth-order valence-corrected chi connectivity index (χ4v) is 2.53. The molecule has 0 bridgehead atoms. The second-order valence-electron chi connectivity index (χ2n) is 3.64. The van der Waals surface area contributed by atoms with Gasteiger partial charge in [-0.2, -0.15) is 0 Å². The summed E-state index contributed by atoms with van der Waals surface area (Å²) in [7, 11) is 0. The maximum atomic E-state index is 8.58. The number of amidine groups is 1. The SMILES string of the molecule is N/C(=N/O)c1ccnc(SC2CCOCC2)n1. The van der Waals surface area contributed by atoms with Gasteiger partial charge >= 0.3 is 0 Å². The maximum absolute atomic E-state index is 8.58. The number of aromatic nitrogens is 2. The highest BCUT2D eigenvalue weighted by molar-refractivity contribution is 7.99. The molecule has 0 atom stereocenters. The molecule has 0 aliphatic carbocycles. The molecular weight excluding hydrogens is 240 g/mol. The summed E-state index contributed by atoms with van der Waals surface area (Å²) in [4.78, 5) is 8.40. The van der Waals surface area contributed by atoms with E-state index in [1.807, 2.05) is 0 Å². The topological polar surface area (TPSA) is 93.6 Å². The highest BCUT2D eigenvalue weighted by atomic mass is 32.2. The first-order valence-electron chi connectivity index (χ1n) is 5.35. The highest BCUT2D eigenvalue weighted by Gasteiger charge is 2.16. The Morgan fingerprint density at radius 2 is 2.29 bits per heavy atom. The second kappa shape index (κ2) is 5.83. The molecule has 3 N–H and O–H groups in total. The van der Waals surface area contributed by atoms with Gasteiger partial charge in [-0.15, -0.1) is 0 Å². The summed E-state index contributed by atoms with van der Waals surface area (Å²) in [5.41, 5.74) is 5.92. The Labute approximate surface area is 103 Å². The minimum atomic E-state index is 0.00114. The molecule has 1 aliphatic heterocycles. The van der Waals surface area contributed by atoms with E-state index in [0.717, 1.165) is 26.1 Å². The summed E-state index contributed by atoms with van der Waals surface area (Å²) in [5.74, 6) is 0.00114. The summed E-state index contributed by atoms with van der Waals surface area (Å²) in [6.45, 7) is 1.58. The molecular formula is C10H14N4O2S. The van der Waals surface area contributed by atoms with Gasteiger partial charge in [0.2, 0.25) is 0 Å². The van der Waals surface area contributed by atoms with Crippen LogP contribution in [0, 0.1) is 0 Å². The molecule has 0 aromatic carbocycles. The average Bonchev–Trinajstić information content (AvgIpc) is 2.39. The second-order valence-corrected chi connectivity index (χ2v) is 4.91. The highest BCUT2D eigenvalue weighted by Crippen LogP contribution is 2.26. The van der Waals surface area contributed by atoms with E-state index >= 15 is 0 Å². The van der Waals surface area contributed by atoms with Gasteiger partial charge in [-0.1, -0.05) is 16.9 Å². The Balaban J connectivity index is 2.05. The van der Waals surface area contributed by atoms with E-state index in [4.69, 9.17) is 15.7 Å². The molecule has 7 heteroatoms. The predicted molar refractivity (Wildman–Crippen MR) is 64.2 cm³/mol. The lowest BCUT2D eigenvalue weighted by Gasteiger charge is -2.20. The Bertz CT molecular complexity index is 407. The van der Waals surface area contributed by atoms with Crippen LogP contribution in [-0.2, 0) is 4.74 Å². The summed E-state index contributed by atoms with van der Waals surface area (Å²) >= 11 is 1.61. The van der Waals surface area contributed by atoms with Crippen LogP contribution in [0.1, 0.15) is 18.5 Å². The van der Waals surface area contributed by atoms with Crippen molar-refractivity contribution < 1.29 is 9.94 Å². The van der Waals surface area contributed by atoms with Crippen LogP contribution in [0.3, 0.4) is 0 Å². The van der Waals surface area contributed by atoms with Crippen molar-refractivity contribution in [3.05, 3.63) is 18.0 Å². The van der Waals surface area contributed by atoms with Crippen LogP contribution in [0.25, 0.3) is 0 Å². The van der Waals surface area contributed by atoms with E-state index in [1.54, 1.807) is 24.0 Å². The number of nitrogens with two attached hydrogens (primary N) is 1. The first-order valence-corrected chi connectivity index (χ1v) is 6.23. The third-order valence-corrected chi connectivity index (χ3v) is 3.66. The Morgan fingerprint density at radius 3 is 3.00 bits per heavy atom. The third-order valence-electron chi connectivity index (χ3n) is 2.44. The van der Waals surface area contributed by atoms with Crippen LogP contribution in [0.4, 0.5) is 0 Å². The number of hydrogen-bond donors (Lipinski definition) is 2. The number of oxime groups is 1. The third kappa shape index (κ3) is 3.31. The molecule has 0 unspecified atom stereocenters. The van der Waals surface area contributed by atoms with E-state index in [-0.39, 0.29) is 5.84 Å². The zero-order valence-electron chi connectivity index (χ0n) is 9.24. The monoisotopic (exact) mass is 254 g/mol. The first kappa shape index (κ1) is 12.1. The number of thioether (sulfide) groups is 1. The van der Waals surface area contributed by atoms with Crippen LogP contribution < -0.4 is 5.73 Å². The van der Waals surface area contributed by atoms with E-state index in [0.29, 0.717) is 16.1 Å². The normalized spacial score (nSPS) is 18.2. The molecule has 92 valence electrons. The zero-order chi connectivity index (χ0) is 12.1. The fraction of sp³-hybridized carbons (Fsp3) is 0.500. The van der Waals surface area contributed by atoms with E-state index in [1.165, 1.54) is 0 Å². The molecule has 0 radical (unpaired) electrons. The number of hydrogen-bond acceptors (Lipinski definition) is 6. The molecule has 1 aromatic heterocycles. The van der Waals surface area contributed by atoms with Crippen molar-refractivity contribution in [2.45, 2.75) is 23.2 Å². The van der Waals surface area contributed by atoms with Crippen LogP contribution in [0.2, 0.25) is 0 Å². The van der Waals surface area contributed by atoms with E-state index < -0.39 is 0 Å². The zero-order valence-corrected chi connectivity index (χ0v) is 10.1. The molecule has 1 saturated heterocycles.